The van der Waals surface area contributed by atoms with E-state index in [1.165, 1.54) is 16.4 Å². The van der Waals surface area contributed by atoms with Gasteiger partial charge in [0.1, 0.15) is 28.8 Å². The Bertz CT molecular complexity index is 1460. The van der Waals surface area contributed by atoms with Crippen molar-refractivity contribution in [2.45, 2.75) is 25.2 Å². The van der Waals surface area contributed by atoms with Gasteiger partial charge >= 0.3 is 0 Å². The first-order valence-corrected chi connectivity index (χ1v) is 13.3. The van der Waals surface area contributed by atoms with Gasteiger partial charge in [0.2, 0.25) is 10.0 Å². The van der Waals surface area contributed by atoms with Gasteiger partial charge in [0, 0.05) is 32.2 Å². The number of nitrogens with zero attached hydrogens (tertiary/aromatic N) is 3. The lowest BCUT2D eigenvalue weighted by molar-refractivity contribution is 0.404. The zero-order valence-corrected chi connectivity index (χ0v) is 21.3. The molecule has 0 atom stereocenters. The van der Waals surface area contributed by atoms with E-state index in [4.69, 9.17) is 14.5 Å². The third-order valence-corrected chi connectivity index (χ3v) is 8.42. The second-order valence-electron chi connectivity index (χ2n) is 9.03. The maximum absolute atomic E-state index is 14.1. The number of amidine groups is 1. The van der Waals surface area contributed by atoms with Crippen molar-refractivity contribution >= 4 is 21.5 Å². The first-order chi connectivity index (χ1) is 17.3. The number of aryl methyl sites for hydroxylation is 2. The highest BCUT2D eigenvalue weighted by Gasteiger charge is 2.30. The van der Waals surface area contributed by atoms with Crippen molar-refractivity contribution in [1.29, 1.82) is 0 Å². The van der Waals surface area contributed by atoms with E-state index < -0.39 is 15.8 Å². The normalized spacial score (nSPS) is 16.2. The van der Waals surface area contributed by atoms with Crippen LogP contribution in [0.5, 0.6) is 17.2 Å². The van der Waals surface area contributed by atoms with E-state index in [0.29, 0.717) is 54.6 Å². The van der Waals surface area contributed by atoms with Crippen LogP contribution in [0.3, 0.4) is 0 Å². The Hall–Kier alpha value is -3.43. The summed E-state index contributed by atoms with van der Waals surface area (Å²) in [6.07, 6.45) is 0.597. The number of hydrogen-bond donors (Lipinski definition) is 0. The fraction of sp³-hybridized carbons (Fsp3) is 0.296. The fourth-order valence-electron chi connectivity index (χ4n) is 4.46. The number of sulfonamides is 1. The van der Waals surface area contributed by atoms with Gasteiger partial charge in [-0.05, 0) is 67.8 Å². The van der Waals surface area contributed by atoms with Gasteiger partial charge in [-0.25, -0.2) is 17.8 Å². The Balaban J connectivity index is 1.48. The molecule has 188 valence electrons. The van der Waals surface area contributed by atoms with Crippen molar-refractivity contribution in [3.8, 4) is 17.2 Å². The molecule has 0 N–H and O–H groups in total. The van der Waals surface area contributed by atoms with Crippen LogP contribution in [0.1, 0.15) is 23.1 Å². The Morgan fingerprint density at radius 1 is 0.944 bits per heavy atom. The number of benzene rings is 3. The average Bonchev–Trinajstić information content (AvgIpc) is 3.20. The summed E-state index contributed by atoms with van der Waals surface area (Å²) in [7, 11) is -2.22. The number of aliphatic imine (C=N–C) groups is 1. The van der Waals surface area contributed by atoms with Crippen molar-refractivity contribution in [2.75, 3.05) is 33.3 Å². The molecule has 0 saturated carbocycles. The predicted molar refractivity (Wildman–Crippen MR) is 137 cm³/mol. The van der Waals surface area contributed by atoms with Crippen LogP contribution in [0.25, 0.3) is 0 Å². The summed E-state index contributed by atoms with van der Waals surface area (Å²) in [5, 5.41) is 0. The number of fused-ring (bicyclic) bond motifs is 2. The van der Waals surface area contributed by atoms with E-state index in [1.807, 2.05) is 43.3 Å². The number of rotatable bonds is 3. The molecule has 1 saturated heterocycles. The molecule has 0 aromatic heterocycles. The van der Waals surface area contributed by atoms with Crippen molar-refractivity contribution in [1.82, 2.24) is 9.21 Å². The van der Waals surface area contributed by atoms with Gasteiger partial charge in [-0.3, -0.25) is 0 Å². The fourth-order valence-corrected chi connectivity index (χ4v) is 5.94. The van der Waals surface area contributed by atoms with E-state index >= 15 is 0 Å². The minimum absolute atomic E-state index is 0.0269. The number of hydrogen-bond acceptors (Lipinski definition) is 6. The van der Waals surface area contributed by atoms with Crippen molar-refractivity contribution in [2.24, 2.45) is 4.99 Å². The number of methoxy groups -OCH3 is 1. The lowest BCUT2D eigenvalue weighted by atomic mass is 10.1. The van der Waals surface area contributed by atoms with Crippen molar-refractivity contribution in [3.63, 3.8) is 0 Å². The molecule has 0 bridgehead atoms. The standard InChI is InChI=1S/C27H28FN3O4S/c1-18-5-10-24-26(15-18)35-25-16-20(34-3)7-9-22(25)27(29-24)30-11-4-12-31(14-13-30)36(32,33)21-8-6-19(2)23(28)17-21/h5-10,15-17H,4,11-14H2,1-3H3. The molecule has 9 heteroatoms. The van der Waals surface area contributed by atoms with Gasteiger partial charge in [-0.1, -0.05) is 12.1 Å². The molecule has 0 amide bonds. The number of halogens is 1. The van der Waals surface area contributed by atoms with E-state index in [1.54, 1.807) is 14.0 Å². The molecule has 3 aromatic rings. The lowest BCUT2D eigenvalue weighted by Gasteiger charge is -2.25. The number of ether oxygens (including phenoxy) is 2. The Kier molecular flexibility index (Phi) is 6.44. The second-order valence-corrected chi connectivity index (χ2v) is 11.0. The summed E-state index contributed by atoms with van der Waals surface area (Å²) in [5.41, 5.74) is 2.98. The van der Waals surface area contributed by atoms with Gasteiger partial charge in [0.15, 0.2) is 5.75 Å². The molecule has 0 aliphatic carbocycles. The van der Waals surface area contributed by atoms with Gasteiger partial charge in [0.05, 0.1) is 17.6 Å². The average molecular weight is 510 g/mol. The zero-order chi connectivity index (χ0) is 25.4. The summed E-state index contributed by atoms with van der Waals surface area (Å²) in [6, 6.07) is 15.5. The van der Waals surface area contributed by atoms with E-state index in [-0.39, 0.29) is 11.4 Å². The Morgan fingerprint density at radius 3 is 2.56 bits per heavy atom. The monoisotopic (exact) mass is 509 g/mol. The van der Waals surface area contributed by atoms with E-state index in [0.717, 1.165) is 23.0 Å². The highest BCUT2D eigenvalue weighted by Crippen LogP contribution is 2.40. The highest BCUT2D eigenvalue weighted by molar-refractivity contribution is 7.89. The molecule has 0 radical (unpaired) electrons. The zero-order valence-electron chi connectivity index (χ0n) is 20.5. The Labute approximate surface area is 210 Å². The molecule has 2 heterocycles. The van der Waals surface area contributed by atoms with Crippen LogP contribution in [0.2, 0.25) is 0 Å². The molecule has 0 spiro atoms. The summed E-state index contributed by atoms with van der Waals surface area (Å²) >= 11 is 0. The van der Waals surface area contributed by atoms with E-state index in [2.05, 4.69) is 4.90 Å². The molecule has 1 fully saturated rings. The molecule has 7 nitrogen and oxygen atoms in total. The molecule has 36 heavy (non-hydrogen) atoms. The molecule has 0 unspecified atom stereocenters. The summed E-state index contributed by atoms with van der Waals surface area (Å²) in [5.74, 6) is 2.14. The Morgan fingerprint density at radius 2 is 1.78 bits per heavy atom. The van der Waals surface area contributed by atoms with Crippen LogP contribution in [-0.4, -0.2) is 56.7 Å². The smallest absolute Gasteiger partial charge is 0.243 e. The topological polar surface area (TPSA) is 71.4 Å². The SMILES string of the molecule is COc1ccc2c(c1)Oc1cc(C)ccc1N=C2N1CCCN(S(=O)(=O)c2ccc(C)c(F)c2)CC1. The minimum atomic E-state index is -3.82. The minimum Gasteiger partial charge on any atom is -0.497 e. The summed E-state index contributed by atoms with van der Waals surface area (Å²) < 4.78 is 53.8. The van der Waals surface area contributed by atoms with Gasteiger partial charge in [0.25, 0.3) is 0 Å². The third-order valence-electron chi connectivity index (χ3n) is 6.53. The molecular weight excluding hydrogens is 481 g/mol. The van der Waals surface area contributed by atoms with Crippen LogP contribution in [0, 0.1) is 19.7 Å². The first kappa shape index (κ1) is 24.3. The quantitative estimate of drug-likeness (QED) is 0.495. The van der Waals surface area contributed by atoms with Gasteiger partial charge < -0.3 is 14.4 Å². The van der Waals surface area contributed by atoms with Crippen molar-refractivity contribution in [3.05, 3.63) is 77.1 Å². The maximum Gasteiger partial charge on any atom is 0.243 e. The van der Waals surface area contributed by atoms with Crippen molar-refractivity contribution < 1.29 is 22.3 Å². The van der Waals surface area contributed by atoms with E-state index in [9.17, 15) is 12.8 Å². The van der Waals surface area contributed by atoms with Crippen LogP contribution in [-0.2, 0) is 10.0 Å². The molecular formula is C27H28FN3O4S. The highest BCUT2D eigenvalue weighted by atomic mass is 32.2. The third kappa shape index (κ3) is 4.56. The summed E-state index contributed by atoms with van der Waals surface area (Å²) in [6.45, 7) is 5.24. The molecule has 2 aliphatic rings. The van der Waals surface area contributed by atoms with Gasteiger partial charge in [-0.2, -0.15) is 4.31 Å². The lowest BCUT2D eigenvalue weighted by Crippen LogP contribution is -2.37. The van der Waals surface area contributed by atoms with Crippen LogP contribution in [0.15, 0.2) is 64.5 Å². The van der Waals surface area contributed by atoms with Crippen LogP contribution in [0.4, 0.5) is 10.1 Å². The van der Waals surface area contributed by atoms with Gasteiger partial charge in [-0.15, -0.1) is 0 Å². The molecule has 5 rings (SSSR count). The van der Waals surface area contributed by atoms with Crippen LogP contribution < -0.4 is 9.47 Å². The maximum atomic E-state index is 14.1. The van der Waals surface area contributed by atoms with Crippen LogP contribution >= 0.6 is 0 Å². The molecule has 2 aliphatic heterocycles. The second kappa shape index (κ2) is 9.55. The molecule has 3 aromatic carbocycles. The summed E-state index contributed by atoms with van der Waals surface area (Å²) in [4.78, 5) is 7.03. The largest absolute Gasteiger partial charge is 0.497 e. The predicted octanol–water partition coefficient (Wildman–Crippen LogP) is 5.03. The first-order valence-electron chi connectivity index (χ1n) is 11.8.